The standard InChI is InChI=1S/C22H17Cl2N3O2/c1-13-5-8-19-26-21(20-15(23)3-2-4-16(20)24)22(27(19)12-13)25-14-6-7-17-18(11-14)29-10-9-28-17/h2-8,11-12,25H,9-10H2,1H3. The van der Waals surface area contributed by atoms with Gasteiger partial charge >= 0.3 is 0 Å². The maximum absolute atomic E-state index is 6.49. The van der Waals surface area contributed by atoms with E-state index in [4.69, 9.17) is 37.7 Å². The van der Waals surface area contributed by atoms with Crippen molar-refractivity contribution in [1.29, 1.82) is 0 Å². The summed E-state index contributed by atoms with van der Waals surface area (Å²) in [6.07, 6.45) is 2.02. The average Bonchev–Trinajstić information content (AvgIpc) is 3.05. The third-order valence-electron chi connectivity index (χ3n) is 4.77. The lowest BCUT2D eigenvalue weighted by atomic mass is 10.1. The predicted molar refractivity (Wildman–Crippen MR) is 116 cm³/mol. The van der Waals surface area contributed by atoms with Crippen LogP contribution in [0, 0.1) is 6.92 Å². The molecule has 0 amide bonds. The maximum Gasteiger partial charge on any atom is 0.163 e. The number of halogens is 2. The molecule has 1 N–H and O–H groups in total. The molecule has 0 aliphatic carbocycles. The molecule has 0 saturated carbocycles. The molecule has 0 radical (unpaired) electrons. The van der Waals surface area contributed by atoms with Crippen molar-refractivity contribution in [3.63, 3.8) is 0 Å². The van der Waals surface area contributed by atoms with Gasteiger partial charge in [0, 0.05) is 23.5 Å². The highest BCUT2D eigenvalue weighted by Gasteiger charge is 2.20. The summed E-state index contributed by atoms with van der Waals surface area (Å²) in [5.74, 6) is 2.23. The minimum absolute atomic E-state index is 0.533. The zero-order valence-electron chi connectivity index (χ0n) is 15.6. The summed E-state index contributed by atoms with van der Waals surface area (Å²) < 4.78 is 13.3. The van der Waals surface area contributed by atoms with Crippen molar-refractivity contribution in [3.05, 3.63) is 70.3 Å². The van der Waals surface area contributed by atoms with Crippen molar-refractivity contribution in [2.24, 2.45) is 0 Å². The van der Waals surface area contributed by atoms with Crippen LogP contribution in [0.3, 0.4) is 0 Å². The summed E-state index contributed by atoms with van der Waals surface area (Å²) in [4.78, 5) is 4.80. The van der Waals surface area contributed by atoms with Crippen LogP contribution in [0.1, 0.15) is 5.56 Å². The molecule has 3 heterocycles. The van der Waals surface area contributed by atoms with Gasteiger partial charge in [0.2, 0.25) is 0 Å². The van der Waals surface area contributed by atoms with E-state index in [1.54, 1.807) is 0 Å². The first-order chi connectivity index (χ1) is 14.1. The van der Waals surface area contributed by atoms with Gasteiger partial charge in [-0.15, -0.1) is 0 Å². The molecule has 146 valence electrons. The van der Waals surface area contributed by atoms with Crippen molar-refractivity contribution in [2.75, 3.05) is 18.5 Å². The molecule has 4 aromatic rings. The molecule has 1 aliphatic rings. The summed E-state index contributed by atoms with van der Waals surface area (Å²) in [7, 11) is 0. The summed E-state index contributed by atoms with van der Waals surface area (Å²) in [5.41, 5.74) is 4.12. The fourth-order valence-corrected chi connectivity index (χ4v) is 4.00. The van der Waals surface area contributed by atoms with Crippen molar-refractivity contribution in [2.45, 2.75) is 6.92 Å². The minimum Gasteiger partial charge on any atom is -0.486 e. The van der Waals surface area contributed by atoms with Crippen molar-refractivity contribution >= 4 is 40.4 Å². The first-order valence-corrected chi connectivity index (χ1v) is 9.95. The number of aromatic nitrogens is 2. The Kier molecular flexibility index (Phi) is 4.49. The molecule has 0 spiro atoms. The number of hydrogen-bond donors (Lipinski definition) is 1. The van der Waals surface area contributed by atoms with Gasteiger partial charge in [-0.3, -0.25) is 4.40 Å². The van der Waals surface area contributed by atoms with E-state index >= 15 is 0 Å². The van der Waals surface area contributed by atoms with E-state index < -0.39 is 0 Å². The highest BCUT2D eigenvalue weighted by atomic mass is 35.5. The summed E-state index contributed by atoms with van der Waals surface area (Å²) in [6, 6.07) is 15.2. The van der Waals surface area contributed by atoms with Gasteiger partial charge in [-0.25, -0.2) is 4.98 Å². The van der Waals surface area contributed by atoms with Gasteiger partial charge in [0.15, 0.2) is 11.5 Å². The Bertz CT molecular complexity index is 1220. The first-order valence-electron chi connectivity index (χ1n) is 9.20. The van der Waals surface area contributed by atoms with Gasteiger partial charge in [0.25, 0.3) is 0 Å². The molecule has 2 aromatic heterocycles. The molecule has 7 heteroatoms. The third kappa shape index (κ3) is 3.26. The second-order valence-electron chi connectivity index (χ2n) is 6.82. The molecule has 29 heavy (non-hydrogen) atoms. The number of aryl methyl sites for hydroxylation is 1. The predicted octanol–water partition coefficient (Wildman–Crippen LogP) is 6.13. The van der Waals surface area contributed by atoms with Crippen LogP contribution >= 0.6 is 23.2 Å². The number of nitrogens with one attached hydrogen (secondary N) is 1. The molecular formula is C22H17Cl2N3O2. The summed E-state index contributed by atoms with van der Waals surface area (Å²) >= 11 is 13.0. The zero-order chi connectivity index (χ0) is 20.0. The lowest BCUT2D eigenvalue weighted by Crippen LogP contribution is -2.15. The highest BCUT2D eigenvalue weighted by molar-refractivity contribution is 6.39. The third-order valence-corrected chi connectivity index (χ3v) is 5.40. The monoisotopic (exact) mass is 425 g/mol. The van der Waals surface area contributed by atoms with E-state index in [1.807, 2.05) is 66.1 Å². The quantitative estimate of drug-likeness (QED) is 0.428. The minimum atomic E-state index is 0.533. The number of nitrogens with zero attached hydrogens (tertiary/aromatic N) is 2. The lowest BCUT2D eigenvalue weighted by Gasteiger charge is -2.19. The molecule has 0 saturated heterocycles. The second kappa shape index (κ2) is 7.17. The molecule has 0 atom stereocenters. The Balaban J connectivity index is 1.68. The van der Waals surface area contributed by atoms with Crippen LogP contribution in [-0.4, -0.2) is 22.6 Å². The van der Waals surface area contributed by atoms with Gasteiger partial charge in [0.05, 0.1) is 10.0 Å². The van der Waals surface area contributed by atoms with Crippen LogP contribution in [0.2, 0.25) is 10.0 Å². The van der Waals surface area contributed by atoms with Crippen LogP contribution in [0.15, 0.2) is 54.7 Å². The number of anilines is 2. The number of rotatable bonds is 3. The zero-order valence-corrected chi connectivity index (χ0v) is 17.1. The Labute approximate surface area is 177 Å². The Morgan fingerprint density at radius 3 is 2.52 bits per heavy atom. The number of hydrogen-bond acceptors (Lipinski definition) is 4. The second-order valence-corrected chi connectivity index (χ2v) is 7.64. The molecular weight excluding hydrogens is 409 g/mol. The Morgan fingerprint density at radius 2 is 1.72 bits per heavy atom. The van der Waals surface area contributed by atoms with Gasteiger partial charge in [-0.2, -0.15) is 0 Å². The van der Waals surface area contributed by atoms with Gasteiger partial charge in [-0.1, -0.05) is 35.3 Å². The van der Waals surface area contributed by atoms with Crippen LogP contribution in [0.5, 0.6) is 11.5 Å². The summed E-state index contributed by atoms with van der Waals surface area (Å²) in [6.45, 7) is 3.13. The number of ether oxygens (including phenoxy) is 2. The first kappa shape index (κ1) is 18.2. The molecule has 1 aliphatic heterocycles. The number of imidazole rings is 1. The van der Waals surface area contributed by atoms with E-state index in [9.17, 15) is 0 Å². The molecule has 5 nitrogen and oxygen atoms in total. The largest absolute Gasteiger partial charge is 0.486 e. The maximum atomic E-state index is 6.49. The van der Waals surface area contributed by atoms with Crippen molar-refractivity contribution < 1.29 is 9.47 Å². The average molecular weight is 426 g/mol. The SMILES string of the molecule is Cc1ccc2nc(-c3c(Cl)cccc3Cl)c(Nc3ccc4c(c3)OCCO4)n2c1. The molecule has 0 fully saturated rings. The highest BCUT2D eigenvalue weighted by Crippen LogP contribution is 2.40. The Hall–Kier alpha value is -2.89. The van der Waals surface area contributed by atoms with Gasteiger partial charge in [0.1, 0.15) is 30.4 Å². The van der Waals surface area contributed by atoms with Crippen LogP contribution < -0.4 is 14.8 Å². The smallest absolute Gasteiger partial charge is 0.163 e. The molecule has 5 rings (SSSR count). The van der Waals surface area contributed by atoms with E-state index in [0.29, 0.717) is 40.3 Å². The number of pyridine rings is 1. The van der Waals surface area contributed by atoms with E-state index in [1.165, 1.54) is 0 Å². The number of fused-ring (bicyclic) bond motifs is 2. The molecule has 0 unspecified atom stereocenters. The normalized spacial score (nSPS) is 12.9. The van der Waals surface area contributed by atoms with Crippen LogP contribution in [0.4, 0.5) is 11.5 Å². The van der Waals surface area contributed by atoms with Crippen molar-refractivity contribution in [3.8, 4) is 22.8 Å². The lowest BCUT2D eigenvalue weighted by molar-refractivity contribution is 0.171. The fraction of sp³-hybridized carbons (Fsp3) is 0.136. The van der Waals surface area contributed by atoms with E-state index in [0.717, 1.165) is 28.5 Å². The number of benzene rings is 2. The fourth-order valence-electron chi connectivity index (χ4n) is 3.43. The molecule has 2 aromatic carbocycles. The van der Waals surface area contributed by atoms with E-state index in [-0.39, 0.29) is 0 Å². The topological polar surface area (TPSA) is 47.8 Å². The van der Waals surface area contributed by atoms with Gasteiger partial charge < -0.3 is 14.8 Å². The Morgan fingerprint density at radius 1 is 0.966 bits per heavy atom. The van der Waals surface area contributed by atoms with Crippen LogP contribution in [-0.2, 0) is 0 Å². The van der Waals surface area contributed by atoms with Crippen molar-refractivity contribution in [1.82, 2.24) is 9.38 Å². The summed E-state index contributed by atoms with van der Waals surface area (Å²) in [5, 5.41) is 4.56. The van der Waals surface area contributed by atoms with E-state index in [2.05, 4.69) is 5.32 Å². The van der Waals surface area contributed by atoms with Crippen LogP contribution in [0.25, 0.3) is 16.9 Å². The van der Waals surface area contributed by atoms with Gasteiger partial charge in [-0.05, 0) is 42.8 Å². The molecule has 0 bridgehead atoms.